The van der Waals surface area contributed by atoms with Gasteiger partial charge in [0.1, 0.15) is 5.82 Å². The van der Waals surface area contributed by atoms with Gasteiger partial charge in [0, 0.05) is 28.9 Å². The van der Waals surface area contributed by atoms with Gasteiger partial charge in [0.2, 0.25) is 0 Å². The lowest BCUT2D eigenvalue weighted by molar-refractivity contribution is 0.791. The molecule has 5 heteroatoms. The molecule has 0 aliphatic heterocycles. The highest BCUT2D eigenvalue weighted by molar-refractivity contribution is 5.69. The maximum atomic E-state index is 4.80. The van der Waals surface area contributed by atoms with E-state index in [-0.39, 0.29) is 0 Å². The lowest BCUT2D eigenvalue weighted by Gasteiger charge is -2.23. The van der Waals surface area contributed by atoms with Gasteiger partial charge in [-0.05, 0) is 54.5 Å². The molecular weight excluding hydrogens is 466 g/mol. The number of para-hydroxylation sites is 1. The summed E-state index contributed by atoms with van der Waals surface area (Å²) in [4.78, 5) is 9.40. The van der Waals surface area contributed by atoms with Crippen molar-refractivity contribution in [2.45, 2.75) is 59.8 Å². The molecule has 0 saturated carbocycles. The molecule has 5 aromatic rings. The van der Waals surface area contributed by atoms with Crippen molar-refractivity contribution in [2.24, 2.45) is 0 Å². The van der Waals surface area contributed by atoms with Gasteiger partial charge in [0.25, 0.3) is 0 Å². The molecule has 2 heterocycles. The minimum absolute atomic E-state index is 0.346. The van der Waals surface area contributed by atoms with E-state index < -0.39 is 0 Å². The Morgan fingerprint density at radius 1 is 0.658 bits per heavy atom. The third-order valence-corrected chi connectivity index (χ3v) is 6.86. The zero-order valence-electron chi connectivity index (χ0n) is 23.1. The van der Waals surface area contributed by atoms with Crippen LogP contribution in [0.1, 0.15) is 73.4 Å². The summed E-state index contributed by atoms with van der Waals surface area (Å²) in [5.74, 6) is 3.17. The van der Waals surface area contributed by atoms with Crippen LogP contribution in [-0.2, 0) is 6.42 Å². The Bertz CT molecular complexity index is 1520. The molecule has 0 aliphatic carbocycles. The highest BCUT2D eigenvalue weighted by Gasteiger charge is 2.23. The fourth-order valence-electron chi connectivity index (χ4n) is 5.05. The first kappa shape index (κ1) is 25.5. The predicted molar refractivity (Wildman–Crippen MR) is 155 cm³/mol. The largest absolute Gasteiger partial charge is 0.278 e. The van der Waals surface area contributed by atoms with Gasteiger partial charge in [-0.25, -0.2) is 9.97 Å². The van der Waals surface area contributed by atoms with Crippen LogP contribution in [0, 0.1) is 13.8 Å². The lowest BCUT2D eigenvalue weighted by Crippen LogP contribution is -2.12. The SMILES string of the molecule is Cc1cc(C)nc(-c2cccc(-c3nnc(Cc4ccccc4)n3-c3c(C(C)C)cccc3C(C)C)c2)n1. The highest BCUT2D eigenvalue weighted by Crippen LogP contribution is 2.35. The van der Waals surface area contributed by atoms with Crippen LogP contribution in [0.15, 0.2) is 78.9 Å². The summed E-state index contributed by atoms with van der Waals surface area (Å²) in [5.41, 5.74) is 8.85. The molecule has 0 amide bonds. The van der Waals surface area contributed by atoms with E-state index in [2.05, 4.69) is 99.0 Å². The van der Waals surface area contributed by atoms with Gasteiger partial charge in [0.05, 0.1) is 5.69 Å². The molecule has 5 nitrogen and oxygen atoms in total. The molecule has 0 N–H and O–H groups in total. The maximum absolute atomic E-state index is 4.80. The molecule has 0 aliphatic rings. The summed E-state index contributed by atoms with van der Waals surface area (Å²) in [6.07, 6.45) is 0.692. The Balaban J connectivity index is 1.75. The molecule has 0 saturated heterocycles. The van der Waals surface area contributed by atoms with Crippen LogP contribution >= 0.6 is 0 Å². The second kappa shape index (κ2) is 10.7. The van der Waals surface area contributed by atoms with Crippen LogP contribution in [0.4, 0.5) is 0 Å². The Morgan fingerprint density at radius 2 is 1.26 bits per heavy atom. The normalized spacial score (nSPS) is 11.5. The van der Waals surface area contributed by atoms with E-state index in [4.69, 9.17) is 20.2 Å². The number of rotatable bonds is 7. The van der Waals surface area contributed by atoms with Gasteiger partial charge in [-0.3, -0.25) is 4.57 Å². The number of nitrogens with zero attached hydrogens (tertiary/aromatic N) is 5. The van der Waals surface area contributed by atoms with Gasteiger partial charge in [0.15, 0.2) is 11.6 Å². The van der Waals surface area contributed by atoms with E-state index in [1.54, 1.807) is 0 Å². The summed E-state index contributed by atoms with van der Waals surface area (Å²) in [5, 5.41) is 9.58. The third kappa shape index (κ3) is 5.14. The van der Waals surface area contributed by atoms with Gasteiger partial charge in [-0.15, -0.1) is 10.2 Å². The van der Waals surface area contributed by atoms with Crippen molar-refractivity contribution in [1.82, 2.24) is 24.7 Å². The van der Waals surface area contributed by atoms with E-state index in [1.165, 1.54) is 22.4 Å². The zero-order chi connectivity index (χ0) is 26.8. The van der Waals surface area contributed by atoms with Crippen molar-refractivity contribution in [3.05, 3.63) is 113 Å². The average Bonchev–Trinajstić information content (AvgIpc) is 3.31. The average molecular weight is 502 g/mol. The smallest absolute Gasteiger partial charge is 0.168 e. The fourth-order valence-corrected chi connectivity index (χ4v) is 5.05. The number of aryl methyl sites for hydroxylation is 2. The van der Waals surface area contributed by atoms with Crippen molar-refractivity contribution < 1.29 is 0 Å². The first-order chi connectivity index (χ1) is 18.3. The molecular formula is C33H35N5. The van der Waals surface area contributed by atoms with E-state index in [1.807, 2.05) is 26.0 Å². The number of aromatic nitrogens is 5. The van der Waals surface area contributed by atoms with Crippen LogP contribution in [0.2, 0.25) is 0 Å². The fraction of sp³-hybridized carbons (Fsp3) is 0.273. The second-order valence-electron chi connectivity index (χ2n) is 10.6. The van der Waals surface area contributed by atoms with Gasteiger partial charge >= 0.3 is 0 Å². The van der Waals surface area contributed by atoms with Crippen molar-refractivity contribution in [3.8, 4) is 28.5 Å². The van der Waals surface area contributed by atoms with E-state index >= 15 is 0 Å². The van der Waals surface area contributed by atoms with E-state index in [0.717, 1.165) is 40.0 Å². The van der Waals surface area contributed by atoms with Gasteiger partial charge in [-0.1, -0.05) is 94.4 Å². The molecule has 192 valence electrons. The predicted octanol–water partition coefficient (Wildman–Crippen LogP) is 7.85. The highest BCUT2D eigenvalue weighted by atomic mass is 15.3. The minimum atomic E-state index is 0.346. The summed E-state index contributed by atoms with van der Waals surface area (Å²) < 4.78 is 2.29. The van der Waals surface area contributed by atoms with Gasteiger partial charge < -0.3 is 0 Å². The number of hydrogen-bond acceptors (Lipinski definition) is 4. The van der Waals surface area contributed by atoms with Crippen molar-refractivity contribution in [1.29, 1.82) is 0 Å². The lowest BCUT2D eigenvalue weighted by atomic mass is 9.92. The minimum Gasteiger partial charge on any atom is -0.278 e. The molecule has 3 aromatic carbocycles. The van der Waals surface area contributed by atoms with Gasteiger partial charge in [-0.2, -0.15) is 0 Å². The van der Waals surface area contributed by atoms with Crippen molar-refractivity contribution in [2.75, 3.05) is 0 Å². The van der Waals surface area contributed by atoms with Crippen LogP contribution in [0.3, 0.4) is 0 Å². The molecule has 38 heavy (non-hydrogen) atoms. The molecule has 0 radical (unpaired) electrons. The standard InChI is InChI=1S/C33H35N5/c1-21(2)28-16-11-17-29(22(3)4)31(28)38-30(19-25-12-8-7-9-13-25)36-37-33(38)27-15-10-14-26(20-27)32-34-23(5)18-24(6)35-32/h7-18,20-22H,19H2,1-6H3. The van der Waals surface area contributed by atoms with E-state index in [9.17, 15) is 0 Å². The van der Waals surface area contributed by atoms with Crippen LogP contribution in [0.25, 0.3) is 28.5 Å². The monoisotopic (exact) mass is 501 g/mol. The third-order valence-electron chi connectivity index (χ3n) is 6.86. The molecule has 2 aromatic heterocycles. The Morgan fingerprint density at radius 3 is 1.89 bits per heavy atom. The van der Waals surface area contributed by atoms with Crippen molar-refractivity contribution >= 4 is 0 Å². The van der Waals surface area contributed by atoms with Crippen molar-refractivity contribution in [3.63, 3.8) is 0 Å². The quantitative estimate of drug-likeness (QED) is 0.228. The van der Waals surface area contributed by atoms with E-state index in [0.29, 0.717) is 18.3 Å². The number of hydrogen-bond donors (Lipinski definition) is 0. The van der Waals surface area contributed by atoms with Crippen LogP contribution in [-0.4, -0.2) is 24.7 Å². The Labute approximate surface area is 225 Å². The molecule has 0 atom stereocenters. The molecule has 0 unspecified atom stereocenters. The first-order valence-corrected chi connectivity index (χ1v) is 13.4. The Hall–Kier alpha value is -4.12. The van der Waals surface area contributed by atoms with Crippen LogP contribution < -0.4 is 0 Å². The molecule has 0 spiro atoms. The maximum Gasteiger partial charge on any atom is 0.168 e. The summed E-state index contributed by atoms with van der Waals surface area (Å²) in [6, 6.07) is 27.5. The Kier molecular flexibility index (Phi) is 7.19. The topological polar surface area (TPSA) is 56.5 Å². The van der Waals surface area contributed by atoms with Crippen LogP contribution in [0.5, 0.6) is 0 Å². The molecule has 0 fully saturated rings. The first-order valence-electron chi connectivity index (χ1n) is 13.4. The molecule has 0 bridgehead atoms. The second-order valence-corrected chi connectivity index (χ2v) is 10.6. The number of benzene rings is 3. The summed E-state index contributed by atoms with van der Waals surface area (Å²) in [6.45, 7) is 13.0. The zero-order valence-corrected chi connectivity index (χ0v) is 23.1. The molecule has 5 rings (SSSR count). The summed E-state index contributed by atoms with van der Waals surface area (Å²) in [7, 11) is 0. The summed E-state index contributed by atoms with van der Waals surface area (Å²) >= 11 is 0.